The fraction of sp³-hybridized carbons (Fsp3) is 0.727. The van der Waals surface area contributed by atoms with Crippen molar-refractivity contribution in [1.82, 2.24) is 25.4 Å². The van der Waals surface area contributed by atoms with Gasteiger partial charge in [0.2, 0.25) is 0 Å². The number of guanidine groups is 1. The molecule has 0 aliphatic carbocycles. The number of halogens is 1. The van der Waals surface area contributed by atoms with Crippen LogP contribution in [0.2, 0.25) is 0 Å². The molecule has 1 aromatic rings. The molecular weight excluding hydrogens is 343 g/mol. The van der Waals surface area contributed by atoms with E-state index in [4.69, 9.17) is 0 Å². The van der Waals surface area contributed by atoms with Crippen LogP contribution >= 0.6 is 24.0 Å². The number of nitrogens with one attached hydrogen (secondary N) is 2. The highest BCUT2D eigenvalue weighted by Crippen LogP contribution is 2.13. The average Bonchev–Trinajstić information content (AvgIpc) is 2.86. The molecule has 0 unspecified atom stereocenters. The maximum absolute atomic E-state index is 4.19. The molecule has 18 heavy (non-hydrogen) atoms. The third-order valence-corrected chi connectivity index (χ3v) is 2.75. The van der Waals surface area contributed by atoms with Crippen LogP contribution in [0, 0.1) is 0 Å². The third-order valence-electron chi connectivity index (χ3n) is 2.75. The maximum Gasteiger partial charge on any atom is 0.191 e. The zero-order valence-electron chi connectivity index (χ0n) is 11.1. The van der Waals surface area contributed by atoms with Gasteiger partial charge in [-0.05, 0) is 20.3 Å². The first-order valence-electron chi connectivity index (χ1n) is 6.09. The van der Waals surface area contributed by atoms with E-state index in [-0.39, 0.29) is 24.0 Å². The van der Waals surface area contributed by atoms with Crippen LogP contribution < -0.4 is 10.6 Å². The van der Waals surface area contributed by atoms with Crippen LogP contribution in [0.1, 0.15) is 31.9 Å². The van der Waals surface area contributed by atoms with Gasteiger partial charge in [0.15, 0.2) is 11.8 Å². The number of hydrogen-bond acceptors (Lipinski definition) is 3. The van der Waals surface area contributed by atoms with Crippen molar-refractivity contribution in [2.24, 2.45) is 4.99 Å². The zero-order chi connectivity index (χ0) is 12.3. The highest BCUT2D eigenvalue weighted by molar-refractivity contribution is 14.0. The minimum Gasteiger partial charge on any atom is -0.354 e. The first kappa shape index (κ1) is 15.2. The van der Waals surface area contributed by atoms with Crippen molar-refractivity contribution in [3.63, 3.8) is 0 Å². The van der Waals surface area contributed by atoms with Crippen LogP contribution in [0.15, 0.2) is 4.99 Å². The number of rotatable bonds is 3. The van der Waals surface area contributed by atoms with Gasteiger partial charge in [-0.1, -0.05) is 0 Å². The minimum absolute atomic E-state index is 0. The quantitative estimate of drug-likeness (QED) is 0.476. The van der Waals surface area contributed by atoms with Gasteiger partial charge in [0, 0.05) is 26.1 Å². The van der Waals surface area contributed by atoms with Crippen LogP contribution in [0.3, 0.4) is 0 Å². The van der Waals surface area contributed by atoms with E-state index in [2.05, 4.69) is 44.2 Å². The average molecular weight is 364 g/mol. The van der Waals surface area contributed by atoms with Crippen molar-refractivity contribution >= 4 is 29.9 Å². The minimum atomic E-state index is 0. The summed E-state index contributed by atoms with van der Waals surface area (Å²) in [5.41, 5.74) is 0. The second kappa shape index (κ2) is 6.91. The molecule has 0 saturated carbocycles. The van der Waals surface area contributed by atoms with Crippen LogP contribution in [0.5, 0.6) is 0 Å². The molecule has 0 spiro atoms. The monoisotopic (exact) mass is 364 g/mol. The molecule has 7 heteroatoms. The van der Waals surface area contributed by atoms with Gasteiger partial charge in [-0.15, -0.1) is 34.2 Å². The smallest absolute Gasteiger partial charge is 0.191 e. The number of aromatic nitrogens is 3. The lowest BCUT2D eigenvalue weighted by atomic mass is 10.4. The van der Waals surface area contributed by atoms with E-state index in [1.807, 2.05) is 0 Å². The molecule has 1 aromatic heterocycles. The Balaban J connectivity index is 0.00000162. The van der Waals surface area contributed by atoms with Crippen LogP contribution in [-0.2, 0) is 19.5 Å². The van der Waals surface area contributed by atoms with E-state index in [1.54, 1.807) is 7.05 Å². The molecule has 1 aliphatic rings. The Bertz CT molecular complexity index is 412. The maximum atomic E-state index is 4.19. The van der Waals surface area contributed by atoms with Crippen molar-refractivity contribution in [3.05, 3.63) is 11.6 Å². The first-order chi connectivity index (χ1) is 8.20. The molecule has 1 aliphatic heterocycles. The summed E-state index contributed by atoms with van der Waals surface area (Å²) in [6.45, 7) is 5.87. The molecule has 0 atom stereocenters. The molecule has 2 heterocycles. The van der Waals surface area contributed by atoms with E-state index >= 15 is 0 Å². The Morgan fingerprint density at radius 2 is 2.22 bits per heavy atom. The van der Waals surface area contributed by atoms with Crippen LogP contribution in [-0.4, -0.2) is 33.8 Å². The van der Waals surface area contributed by atoms with E-state index < -0.39 is 0 Å². The number of nitrogens with zero attached hydrogens (tertiary/aromatic N) is 4. The highest BCUT2D eigenvalue weighted by Gasteiger charge is 2.16. The van der Waals surface area contributed by atoms with E-state index in [9.17, 15) is 0 Å². The van der Waals surface area contributed by atoms with E-state index in [0.717, 1.165) is 30.6 Å². The van der Waals surface area contributed by atoms with Gasteiger partial charge < -0.3 is 15.2 Å². The normalized spacial score (nSPS) is 14.3. The Kier molecular flexibility index (Phi) is 5.83. The van der Waals surface area contributed by atoms with Crippen molar-refractivity contribution in [3.8, 4) is 0 Å². The molecule has 0 saturated heterocycles. The molecule has 0 amide bonds. The number of aliphatic imine (C=N–C) groups is 1. The number of hydrogen-bond donors (Lipinski definition) is 2. The summed E-state index contributed by atoms with van der Waals surface area (Å²) in [6.07, 6.45) is 2.22. The molecule has 6 nitrogen and oxygen atoms in total. The summed E-state index contributed by atoms with van der Waals surface area (Å²) >= 11 is 0. The molecule has 2 N–H and O–H groups in total. The van der Waals surface area contributed by atoms with E-state index in [1.165, 1.54) is 6.42 Å². The fourth-order valence-electron chi connectivity index (χ4n) is 1.97. The molecule has 0 bridgehead atoms. The van der Waals surface area contributed by atoms with Crippen molar-refractivity contribution in [2.75, 3.05) is 7.05 Å². The summed E-state index contributed by atoms with van der Waals surface area (Å²) in [6, 6.07) is 0.366. The molecule has 0 aromatic carbocycles. The summed E-state index contributed by atoms with van der Waals surface area (Å²) in [4.78, 5) is 4.16. The molecule has 0 radical (unpaired) electrons. The lowest BCUT2D eigenvalue weighted by Gasteiger charge is -2.14. The predicted molar refractivity (Wildman–Crippen MR) is 82.2 cm³/mol. The molecule has 0 fully saturated rings. The van der Waals surface area contributed by atoms with Gasteiger partial charge in [-0.2, -0.15) is 0 Å². The highest BCUT2D eigenvalue weighted by atomic mass is 127. The first-order valence-corrected chi connectivity index (χ1v) is 6.09. The standard InChI is InChI=1S/C11H20N6.HI/c1-8(2)14-11(12-3)13-7-10-16-15-9-5-4-6-17(9)10;/h8H,4-7H2,1-3H3,(H2,12,13,14);1H. The van der Waals surface area contributed by atoms with Crippen molar-refractivity contribution in [2.45, 2.75) is 45.8 Å². The fourth-order valence-corrected chi connectivity index (χ4v) is 1.97. The lowest BCUT2D eigenvalue weighted by Crippen LogP contribution is -2.41. The Hall–Kier alpha value is -0.860. The van der Waals surface area contributed by atoms with Crippen LogP contribution in [0.4, 0.5) is 0 Å². The summed E-state index contributed by atoms with van der Waals surface area (Å²) in [5, 5.41) is 14.9. The van der Waals surface area contributed by atoms with Crippen molar-refractivity contribution in [1.29, 1.82) is 0 Å². The summed E-state index contributed by atoms with van der Waals surface area (Å²) in [7, 11) is 1.77. The molecular formula is C11H21IN6. The third kappa shape index (κ3) is 3.56. The van der Waals surface area contributed by atoms with Gasteiger partial charge in [-0.25, -0.2) is 0 Å². The second-order valence-electron chi connectivity index (χ2n) is 4.51. The lowest BCUT2D eigenvalue weighted by molar-refractivity contribution is 0.650. The number of fused-ring (bicyclic) bond motifs is 1. The zero-order valence-corrected chi connectivity index (χ0v) is 13.4. The predicted octanol–water partition coefficient (Wildman–Crippen LogP) is 0.916. The second-order valence-corrected chi connectivity index (χ2v) is 4.51. The molecule has 102 valence electrons. The Morgan fingerprint density at radius 1 is 1.44 bits per heavy atom. The van der Waals surface area contributed by atoms with E-state index in [0.29, 0.717) is 12.6 Å². The topological polar surface area (TPSA) is 67.1 Å². The largest absolute Gasteiger partial charge is 0.354 e. The molecule has 2 rings (SSSR count). The Labute approximate surface area is 125 Å². The van der Waals surface area contributed by atoms with Gasteiger partial charge >= 0.3 is 0 Å². The van der Waals surface area contributed by atoms with Crippen molar-refractivity contribution < 1.29 is 0 Å². The SMILES string of the molecule is CN=C(NCc1nnc2n1CCC2)NC(C)C.I. The van der Waals surface area contributed by atoms with Crippen LogP contribution in [0.25, 0.3) is 0 Å². The summed E-state index contributed by atoms with van der Waals surface area (Å²) in [5.74, 6) is 2.90. The van der Waals surface area contributed by atoms with Gasteiger partial charge in [-0.3, -0.25) is 4.99 Å². The number of aryl methyl sites for hydroxylation is 1. The Morgan fingerprint density at radius 3 is 2.89 bits per heavy atom. The van der Waals surface area contributed by atoms with Gasteiger partial charge in [0.1, 0.15) is 5.82 Å². The summed E-state index contributed by atoms with van der Waals surface area (Å²) < 4.78 is 2.19. The van der Waals surface area contributed by atoms with Gasteiger partial charge in [0.05, 0.1) is 6.54 Å². The van der Waals surface area contributed by atoms with Gasteiger partial charge in [0.25, 0.3) is 0 Å².